The molecule has 3 heterocycles. The highest BCUT2D eigenvalue weighted by Gasteiger charge is 2.33. The second-order valence-electron chi connectivity index (χ2n) is 6.57. The molecule has 1 saturated heterocycles. The van der Waals surface area contributed by atoms with E-state index in [2.05, 4.69) is 19.4 Å². The molecule has 6 nitrogen and oxygen atoms in total. The van der Waals surface area contributed by atoms with Crippen LogP contribution in [0.1, 0.15) is 18.9 Å². The van der Waals surface area contributed by atoms with E-state index in [0.29, 0.717) is 41.7 Å². The molecular formula is C15H19ClN4O2S. The van der Waals surface area contributed by atoms with Crippen molar-refractivity contribution in [3.63, 3.8) is 0 Å². The highest BCUT2D eigenvalue weighted by molar-refractivity contribution is 7.91. The van der Waals surface area contributed by atoms with Gasteiger partial charge in [-0.15, -0.1) is 0 Å². The van der Waals surface area contributed by atoms with Crippen LogP contribution in [0.5, 0.6) is 0 Å². The van der Waals surface area contributed by atoms with Gasteiger partial charge in [0.15, 0.2) is 9.84 Å². The highest BCUT2D eigenvalue weighted by Crippen LogP contribution is 2.40. The number of fused-ring (bicyclic) bond motifs is 1. The molecule has 0 unspecified atom stereocenters. The first-order valence-corrected chi connectivity index (χ1v) is 10.1. The molecule has 23 heavy (non-hydrogen) atoms. The fourth-order valence-electron chi connectivity index (χ4n) is 3.61. The van der Waals surface area contributed by atoms with Crippen LogP contribution in [0.15, 0.2) is 18.6 Å². The van der Waals surface area contributed by atoms with Crippen molar-refractivity contribution in [2.75, 3.05) is 31.1 Å². The van der Waals surface area contributed by atoms with E-state index in [1.807, 2.05) is 12.3 Å². The zero-order valence-corrected chi connectivity index (χ0v) is 14.3. The number of halogens is 1. The summed E-state index contributed by atoms with van der Waals surface area (Å²) in [5.41, 5.74) is 0.900. The van der Waals surface area contributed by atoms with Gasteiger partial charge in [-0.1, -0.05) is 11.6 Å². The number of nitrogens with zero attached hydrogens (tertiary/aromatic N) is 4. The van der Waals surface area contributed by atoms with E-state index in [0.717, 1.165) is 30.4 Å². The molecule has 0 N–H and O–H groups in total. The van der Waals surface area contributed by atoms with E-state index in [-0.39, 0.29) is 0 Å². The predicted octanol–water partition coefficient (Wildman–Crippen LogP) is 1.77. The third-order valence-electron chi connectivity index (χ3n) is 5.02. The van der Waals surface area contributed by atoms with E-state index < -0.39 is 9.84 Å². The van der Waals surface area contributed by atoms with Gasteiger partial charge in [-0.05, 0) is 24.8 Å². The number of aromatic nitrogens is 3. The fraction of sp³-hybridized carbons (Fsp3) is 0.600. The maximum Gasteiger partial charge on any atom is 0.152 e. The molecule has 2 fully saturated rings. The van der Waals surface area contributed by atoms with Crippen LogP contribution in [0.4, 0.5) is 0 Å². The lowest BCUT2D eigenvalue weighted by Crippen LogP contribution is -2.44. The summed E-state index contributed by atoms with van der Waals surface area (Å²) in [4.78, 5) is 10.7. The monoisotopic (exact) mass is 354 g/mol. The smallest absolute Gasteiger partial charge is 0.152 e. The van der Waals surface area contributed by atoms with Crippen LogP contribution < -0.4 is 0 Å². The number of rotatable bonds is 3. The minimum Gasteiger partial charge on any atom is -0.329 e. The zero-order chi connectivity index (χ0) is 16.0. The van der Waals surface area contributed by atoms with Gasteiger partial charge in [0.25, 0.3) is 0 Å². The van der Waals surface area contributed by atoms with Gasteiger partial charge in [0.05, 0.1) is 16.9 Å². The van der Waals surface area contributed by atoms with Crippen molar-refractivity contribution in [1.82, 2.24) is 19.4 Å². The zero-order valence-electron chi connectivity index (χ0n) is 12.7. The molecule has 4 rings (SSSR count). The van der Waals surface area contributed by atoms with E-state index in [9.17, 15) is 8.42 Å². The van der Waals surface area contributed by atoms with Gasteiger partial charge < -0.3 is 9.47 Å². The van der Waals surface area contributed by atoms with Gasteiger partial charge in [0.1, 0.15) is 17.1 Å². The summed E-state index contributed by atoms with van der Waals surface area (Å²) in [6.07, 6.45) is 5.76. The normalized spacial score (nSPS) is 27.9. The van der Waals surface area contributed by atoms with Crippen molar-refractivity contribution in [2.24, 2.45) is 5.92 Å². The Hall–Kier alpha value is -1.18. The summed E-state index contributed by atoms with van der Waals surface area (Å²) in [5, 5.41) is 1.40. The molecular weight excluding hydrogens is 336 g/mol. The predicted molar refractivity (Wildman–Crippen MR) is 89.4 cm³/mol. The Labute approximate surface area is 140 Å². The van der Waals surface area contributed by atoms with E-state index in [1.54, 1.807) is 0 Å². The van der Waals surface area contributed by atoms with Gasteiger partial charge in [-0.2, -0.15) is 0 Å². The summed E-state index contributed by atoms with van der Waals surface area (Å²) < 4.78 is 25.1. The molecule has 2 aliphatic rings. The van der Waals surface area contributed by atoms with Crippen molar-refractivity contribution < 1.29 is 8.42 Å². The van der Waals surface area contributed by atoms with Crippen molar-refractivity contribution in [3.8, 4) is 0 Å². The summed E-state index contributed by atoms with van der Waals surface area (Å²) >= 11 is 6.10. The minimum atomic E-state index is -2.79. The summed E-state index contributed by atoms with van der Waals surface area (Å²) in [7, 11) is -2.79. The molecule has 0 amide bonds. The second-order valence-corrected chi connectivity index (χ2v) is 9.23. The van der Waals surface area contributed by atoms with Crippen LogP contribution in [-0.4, -0.2) is 59.0 Å². The first-order valence-electron chi connectivity index (χ1n) is 7.92. The molecule has 2 aromatic rings. The van der Waals surface area contributed by atoms with Crippen LogP contribution in [0.2, 0.25) is 5.15 Å². The molecule has 1 saturated carbocycles. The van der Waals surface area contributed by atoms with E-state index in [1.165, 1.54) is 6.33 Å². The molecule has 0 atom stereocenters. The summed E-state index contributed by atoms with van der Waals surface area (Å²) in [5.74, 6) is 1.25. The molecule has 1 aliphatic heterocycles. The third-order valence-corrected chi connectivity index (χ3v) is 6.93. The lowest BCUT2D eigenvalue weighted by molar-refractivity contribution is 0.136. The Balaban J connectivity index is 1.37. The molecule has 0 radical (unpaired) electrons. The van der Waals surface area contributed by atoms with Gasteiger partial charge in [-0.25, -0.2) is 18.4 Å². The van der Waals surface area contributed by atoms with Crippen LogP contribution >= 0.6 is 11.6 Å². The lowest BCUT2D eigenvalue weighted by Gasteiger charge is -2.40. The minimum absolute atomic E-state index is 0.306. The van der Waals surface area contributed by atoms with Gasteiger partial charge >= 0.3 is 0 Å². The molecule has 0 aromatic carbocycles. The average Bonchev–Trinajstić information content (AvgIpc) is 2.89. The quantitative estimate of drug-likeness (QED) is 0.786. The lowest BCUT2D eigenvalue weighted by atomic mass is 9.79. The topological polar surface area (TPSA) is 68.1 Å². The SMILES string of the molecule is O=S1(=O)CCN(C[C@H]2C[C@@H](n3ccc4c(Cl)ncnc43)C2)CC1. The van der Waals surface area contributed by atoms with Gasteiger partial charge in [0, 0.05) is 31.9 Å². The van der Waals surface area contributed by atoms with Crippen LogP contribution in [0.3, 0.4) is 0 Å². The summed E-state index contributed by atoms with van der Waals surface area (Å²) in [6.45, 7) is 2.36. The second kappa shape index (κ2) is 5.72. The average molecular weight is 355 g/mol. The van der Waals surface area contributed by atoms with Crippen molar-refractivity contribution in [2.45, 2.75) is 18.9 Å². The van der Waals surface area contributed by atoms with Crippen LogP contribution in [-0.2, 0) is 9.84 Å². The molecule has 0 bridgehead atoms. The molecule has 8 heteroatoms. The van der Waals surface area contributed by atoms with Crippen LogP contribution in [0.25, 0.3) is 11.0 Å². The molecule has 0 spiro atoms. The maximum atomic E-state index is 11.5. The van der Waals surface area contributed by atoms with Crippen molar-refractivity contribution in [3.05, 3.63) is 23.7 Å². The fourth-order valence-corrected chi connectivity index (χ4v) is 5.08. The van der Waals surface area contributed by atoms with Crippen molar-refractivity contribution in [1.29, 1.82) is 0 Å². The number of sulfone groups is 1. The standard InChI is InChI=1S/C15H19ClN4O2S/c16-14-13-1-2-20(15(13)18-10-17-14)12-7-11(8-12)9-19-3-5-23(21,22)6-4-19/h1-2,10-12H,3-9H2/t11-,12+. The van der Waals surface area contributed by atoms with E-state index >= 15 is 0 Å². The Morgan fingerprint density at radius 3 is 2.70 bits per heavy atom. The third kappa shape index (κ3) is 2.97. The van der Waals surface area contributed by atoms with Crippen molar-refractivity contribution >= 4 is 32.5 Å². The molecule has 2 aromatic heterocycles. The Kier molecular flexibility index (Phi) is 3.82. The largest absolute Gasteiger partial charge is 0.329 e. The Bertz CT molecular complexity index is 815. The highest BCUT2D eigenvalue weighted by atomic mass is 35.5. The van der Waals surface area contributed by atoms with Gasteiger partial charge in [0.2, 0.25) is 0 Å². The molecule has 124 valence electrons. The maximum absolute atomic E-state index is 11.5. The first-order chi connectivity index (χ1) is 11.0. The van der Waals surface area contributed by atoms with E-state index in [4.69, 9.17) is 11.6 Å². The number of hydrogen-bond acceptors (Lipinski definition) is 5. The Morgan fingerprint density at radius 1 is 1.22 bits per heavy atom. The Morgan fingerprint density at radius 2 is 1.96 bits per heavy atom. The first kappa shape index (κ1) is 15.4. The van der Waals surface area contributed by atoms with Crippen LogP contribution in [0, 0.1) is 5.92 Å². The summed E-state index contributed by atoms with van der Waals surface area (Å²) in [6, 6.07) is 2.43. The number of hydrogen-bond donors (Lipinski definition) is 0. The molecule has 1 aliphatic carbocycles. The van der Waals surface area contributed by atoms with Gasteiger partial charge in [-0.3, -0.25) is 0 Å².